The van der Waals surface area contributed by atoms with Gasteiger partial charge >= 0.3 is 6.18 Å². The molecule has 0 unspecified atom stereocenters. The van der Waals surface area contributed by atoms with Crippen molar-refractivity contribution < 1.29 is 27.6 Å². The molecule has 2 aromatic rings. The number of alkyl halides is 3. The highest BCUT2D eigenvalue weighted by Crippen LogP contribution is 2.27. The second-order valence-corrected chi connectivity index (χ2v) is 6.78. The Morgan fingerprint density at radius 3 is 2.28 bits per heavy atom. The molecule has 152 valence electrons. The molecule has 1 heterocycles. The van der Waals surface area contributed by atoms with Crippen LogP contribution >= 0.6 is 0 Å². The Balaban J connectivity index is 1.86. The first-order valence-corrected chi connectivity index (χ1v) is 9.11. The molecule has 0 saturated carbocycles. The largest absolute Gasteiger partial charge is 0.406 e. The fourth-order valence-corrected chi connectivity index (χ4v) is 3.25. The quantitative estimate of drug-likeness (QED) is 0.687. The minimum absolute atomic E-state index is 0.0280. The number of nitrogens with zero attached hydrogens (tertiary/aromatic N) is 2. The fourth-order valence-electron chi connectivity index (χ4n) is 3.25. The molecule has 1 aliphatic rings. The Bertz CT molecular complexity index is 942. The molecule has 0 saturated heterocycles. The van der Waals surface area contributed by atoms with Crippen LogP contribution in [0.25, 0.3) is 0 Å². The number of carbonyl (C=O) groups excluding carboxylic acids is 3. The lowest BCUT2D eigenvalue weighted by molar-refractivity contribution is -0.140. The number of hydrogen-bond donors (Lipinski definition) is 0. The fraction of sp³-hybridized carbons (Fsp3) is 0.286. The van der Waals surface area contributed by atoms with Crippen LogP contribution in [0.15, 0.2) is 48.5 Å². The van der Waals surface area contributed by atoms with E-state index in [2.05, 4.69) is 0 Å². The third-order valence-corrected chi connectivity index (χ3v) is 4.55. The third-order valence-electron chi connectivity index (χ3n) is 4.55. The molecule has 3 amide bonds. The molecule has 5 nitrogen and oxygen atoms in total. The Morgan fingerprint density at radius 2 is 1.66 bits per heavy atom. The maximum Gasteiger partial charge on any atom is 0.406 e. The van der Waals surface area contributed by atoms with Crippen LogP contribution in [-0.4, -0.2) is 46.8 Å². The summed E-state index contributed by atoms with van der Waals surface area (Å²) in [6.07, 6.45) is -4.17. The molecule has 0 aromatic heterocycles. The molecule has 29 heavy (non-hydrogen) atoms. The zero-order valence-corrected chi connectivity index (χ0v) is 15.7. The average Bonchev–Trinajstić information content (AvgIpc) is 2.91. The standard InChI is InChI=1S/C21H19F3N2O3/c1-2-10-25(13-21(22,23)24)18(27)15-8-9-16-17(11-15)20(29)26(19(16)28)12-14-6-4-3-5-7-14/h3-9,11H,2,10,12-13H2,1H3. The van der Waals surface area contributed by atoms with Gasteiger partial charge in [-0.1, -0.05) is 37.3 Å². The average molecular weight is 404 g/mol. The molecule has 0 radical (unpaired) electrons. The lowest BCUT2D eigenvalue weighted by Gasteiger charge is -2.23. The topological polar surface area (TPSA) is 57.7 Å². The number of rotatable bonds is 6. The monoisotopic (exact) mass is 404 g/mol. The first-order valence-electron chi connectivity index (χ1n) is 9.11. The molecule has 0 bridgehead atoms. The van der Waals surface area contributed by atoms with Crippen molar-refractivity contribution in [3.05, 3.63) is 70.8 Å². The van der Waals surface area contributed by atoms with Gasteiger partial charge in [0.05, 0.1) is 17.7 Å². The van der Waals surface area contributed by atoms with E-state index in [9.17, 15) is 27.6 Å². The molecular formula is C21H19F3N2O3. The number of imide groups is 1. The molecular weight excluding hydrogens is 385 g/mol. The number of fused-ring (bicyclic) bond motifs is 1. The lowest BCUT2D eigenvalue weighted by Crippen LogP contribution is -2.39. The van der Waals surface area contributed by atoms with E-state index in [0.717, 1.165) is 10.5 Å². The molecule has 3 rings (SSSR count). The van der Waals surface area contributed by atoms with E-state index in [4.69, 9.17) is 0 Å². The van der Waals surface area contributed by atoms with Crippen LogP contribution in [0.1, 0.15) is 50.0 Å². The van der Waals surface area contributed by atoms with Gasteiger partial charge in [0.2, 0.25) is 0 Å². The van der Waals surface area contributed by atoms with Crippen molar-refractivity contribution >= 4 is 17.7 Å². The van der Waals surface area contributed by atoms with Gasteiger partial charge in [-0.25, -0.2) is 0 Å². The summed E-state index contributed by atoms with van der Waals surface area (Å²) >= 11 is 0. The van der Waals surface area contributed by atoms with Gasteiger partial charge in [-0.15, -0.1) is 0 Å². The zero-order valence-electron chi connectivity index (χ0n) is 15.7. The van der Waals surface area contributed by atoms with E-state index in [1.807, 2.05) is 6.07 Å². The highest BCUT2D eigenvalue weighted by atomic mass is 19.4. The normalized spacial score (nSPS) is 13.6. The third kappa shape index (κ3) is 4.47. The van der Waals surface area contributed by atoms with E-state index in [1.165, 1.54) is 18.2 Å². The molecule has 0 spiro atoms. The van der Waals surface area contributed by atoms with Crippen molar-refractivity contribution in [2.45, 2.75) is 26.1 Å². The summed E-state index contributed by atoms with van der Waals surface area (Å²) < 4.78 is 38.4. The van der Waals surface area contributed by atoms with Gasteiger partial charge in [0.25, 0.3) is 17.7 Å². The maximum atomic E-state index is 12.8. The lowest BCUT2D eigenvalue weighted by atomic mass is 10.0. The minimum Gasteiger partial charge on any atom is -0.330 e. The van der Waals surface area contributed by atoms with E-state index in [0.29, 0.717) is 11.3 Å². The van der Waals surface area contributed by atoms with Gasteiger partial charge in [-0.05, 0) is 30.2 Å². The summed E-state index contributed by atoms with van der Waals surface area (Å²) in [6.45, 7) is 0.307. The summed E-state index contributed by atoms with van der Waals surface area (Å²) in [5.41, 5.74) is 0.877. The highest BCUT2D eigenvalue weighted by molar-refractivity contribution is 6.22. The Morgan fingerprint density at radius 1 is 1.00 bits per heavy atom. The van der Waals surface area contributed by atoms with Crippen LogP contribution in [0, 0.1) is 0 Å². The Hall–Kier alpha value is -3.16. The molecule has 0 aliphatic carbocycles. The van der Waals surface area contributed by atoms with Crippen molar-refractivity contribution in [1.29, 1.82) is 0 Å². The number of amides is 3. The number of hydrogen-bond acceptors (Lipinski definition) is 3. The van der Waals surface area contributed by atoms with E-state index in [1.54, 1.807) is 31.2 Å². The SMILES string of the molecule is CCCN(CC(F)(F)F)C(=O)c1ccc2c(c1)C(=O)N(Cc1ccccc1)C2=O. The smallest absolute Gasteiger partial charge is 0.330 e. The van der Waals surface area contributed by atoms with E-state index in [-0.39, 0.29) is 29.8 Å². The predicted molar refractivity (Wildman–Crippen MR) is 99.3 cm³/mol. The molecule has 2 aromatic carbocycles. The minimum atomic E-state index is -4.53. The summed E-state index contributed by atoms with van der Waals surface area (Å²) in [7, 11) is 0. The first-order chi connectivity index (χ1) is 13.7. The van der Waals surface area contributed by atoms with Crippen LogP contribution < -0.4 is 0 Å². The predicted octanol–water partition coefficient (Wildman–Crippen LogP) is 3.90. The van der Waals surface area contributed by atoms with Crippen LogP contribution in [0.2, 0.25) is 0 Å². The molecule has 8 heteroatoms. The zero-order chi connectivity index (χ0) is 21.2. The Kier molecular flexibility index (Phi) is 5.72. The van der Waals surface area contributed by atoms with Gasteiger partial charge < -0.3 is 4.90 Å². The van der Waals surface area contributed by atoms with Gasteiger partial charge in [0.15, 0.2) is 0 Å². The van der Waals surface area contributed by atoms with Gasteiger partial charge in [0, 0.05) is 12.1 Å². The van der Waals surface area contributed by atoms with Crippen LogP contribution in [0.4, 0.5) is 13.2 Å². The van der Waals surface area contributed by atoms with Crippen LogP contribution in [-0.2, 0) is 6.54 Å². The van der Waals surface area contributed by atoms with E-state index >= 15 is 0 Å². The molecule has 0 atom stereocenters. The van der Waals surface area contributed by atoms with Crippen molar-refractivity contribution in [1.82, 2.24) is 9.80 Å². The number of benzene rings is 2. The summed E-state index contributed by atoms with van der Waals surface area (Å²) in [6, 6.07) is 12.8. The molecule has 0 N–H and O–H groups in total. The van der Waals surface area contributed by atoms with Gasteiger partial charge in [-0.3, -0.25) is 19.3 Å². The van der Waals surface area contributed by atoms with Crippen LogP contribution in [0.3, 0.4) is 0 Å². The van der Waals surface area contributed by atoms with Gasteiger partial charge in [-0.2, -0.15) is 13.2 Å². The van der Waals surface area contributed by atoms with Gasteiger partial charge in [0.1, 0.15) is 6.54 Å². The summed E-state index contributed by atoms with van der Waals surface area (Å²) in [5, 5.41) is 0. The highest BCUT2D eigenvalue weighted by Gasteiger charge is 2.37. The van der Waals surface area contributed by atoms with Crippen molar-refractivity contribution in [2.24, 2.45) is 0 Å². The first kappa shape index (κ1) is 20.6. The Labute approximate surface area is 165 Å². The van der Waals surface area contributed by atoms with Crippen molar-refractivity contribution in [3.63, 3.8) is 0 Å². The second-order valence-electron chi connectivity index (χ2n) is 6.78. The van der Waals surface area contributed by atoms with E-state index < -0.39 is 30.4 Å². The maximum absolute atomic E-state index is 12.8. The van der Waals surface area contributed by atoms with Crippen molar-refractivity contribution in [2.75, 3.05) is 13.1 Å². The second kappa shape index (κ2) is 8.06. The molecule has 1 aliphatic heterocycles. The summed E-state index contributed by atoms with van der Waals surface area (Å²) in [4.78, 5) is 39.6. The van der Waals surface area contributed by atoms with Crippen molar-refractivity contribution in [3.8, 4) is 0 Å². The summed E-state index contributed by atoms with van der Waals surface area (Å²) in [5.74, 6) is -1.89. The van der Waals surface area contributed by atoms with Crippen LogP contribution in [0.5, 0.6) is 0 Å². The number of halogens is 3. The number of carbonyl (C=O) groups is 3. The molecule has 0 fully saturated rings.